The zero-order chi connectivity index (χ0) is 9.14. The normalized spacial score (nSPS) is 9.58. The number of benzene rings is 1. The van der Waals surface area contributed by atoms with Crippen molar-refractivity contribution in [3.63, 3.8) is 0 Å². The molecule has 0 heterocycles. The Labute approximate surface area is 76.5 Å². The molecule has 0 aromatic heterocycles. The lowest BCUT2D eigenvalue weighted by molar-refractivity contribution is -0.114. The van der Waals surface area contributed by atoms with Crippen LogP contribution in [0.2, 0.25) is 5.02 Å². The van der Waals surface area contributed by atoms with E-state index in [0.29, 0.717) is 16.3 Å². The highest BCUT2D eigenvalue weighted by atomic mass is 35.5. The van der Waals surface area contributed by atoms with Crippen LogP contribution >= 0.6 is 11.6 Å². The molecule has 0 saturated heterocycles. The van der Waals surface area contributed by atoms with Gasteiger partial charge in [0.15, 0.2) is 0 Å². The summed E-state index contributed by atoms with van der Waals surface area (Å²) in [5.74, 6) is -0.164. The summed E-state index contributed by atoms with van der Waals surface area (Å²) in [6.07, 6.45) is 0. The van der Waals surface area contributed by atoms with Crippen molar-refractivity contribution >= 4 is 23.2 Å². The Kier molecular flexibility index (Phi) is 2.71. The van der Waals surface area contributed by atoms with Crippen LogP contribution in [0, 0.1) is 6.92 Å². The van der Waals surface area contributed by atoms with Crippen LogP contribution in [0.3, 0.4) is 0 Å². The number of hydrogen-bond donors (Lipinski definition) is 1. The molecule has 1 aromatic rings. The summed E-state index contributed by atoms with van der Waals surface area (Å²) < 4.78 is 0. The van der Waals surface area contributed by atoms with Gasteiger partial charge in [-0.25, -0.2) is 0 Å². The van der Waals surface area contributed by atoms with E-state index in [0.717, 1.165) is 0 Å². The predicted molar refractivity (Wildman–Crippen MR) is 49.2 cm³/mol. The van der Waals surface area contributed by atoms with E-state index in [1.54, 1.807) is 18.2 Å². The second-order valence-corrected chi connectivity index (χ2v) is 2.83. The molecule has 0 bridgehead atoms. The van der Waals surface area contributed by atoms with Crippen molar-refractivity contribution in [3.8, 4) is 0 Å². The number of rotatable bonds is 1. The molecular formula is C9H8ClNO. The largest absolute Gasteiger partial charge is 0.325 e. The zero-order valence-electron chi connectivity index (χ0n) is 6.60. The smallest absolute Gasteiger partial charge is 0.221 e. The summed E-state index contributed by atoms with van der Waals surface area (Å²) in [7, 11) is 0. The van der Waals surface area contributed by atoms with Gasteiger partial charge in [0, 0.05) is 6.92 Å². The molecule has 2 nitrogen and oxygen atoms in total. The Bertz CT molecular complexity index is 309. The monoisotopic (exact) mass is 181 g/mol. The third kappa shape index (κ3) is 2.24. The van der Waals surface area contributed by atoms with E-state index >= 15 is 0 Å². The molecule has 62 valence electrons. The first-order chi connectivity index (χ1) is 5.59. The topological polar surface area (TPSA) is 29.1 Å². The summed E-state index contributed by atoms with van der Waals surface area (Å²) in [6.45, 7) is 6.91. The minimum Gasteiger partial charge on any atom is -0.325 e. The molecule has 0 aliphatic heterocycles. The molecule has 0 aliphatic carbocycles. The van der Waals surface area contributed by atoms with Gasteiger partial charge < -0.3 is 5.32 Å². The van der Waals surface area contributed by atoms with Gasteiger partial charge in [-0.15, -0.1) is 0 Å². The van der Waals surface area contributed by atoms with Gasteiger partial charge in [-0.05, 0) is 24.6 Å². The standard InChI is InChI=1S/C9H8ClNO/c1-6-3-4-8(10)9(5-6)11-7(2)12/h1,3-5H,2H3,(H,11,12). The van der Waals surface area contributed by atoms with Crippen LogP contribution in [-0.4, -0.2) is 5.91 Å². The Morgan fingerprint density at radius 2 is 2.25 bits per heavy atom. The van der Waals surface area contributed by atoms with Crippen LogP contribution in [0.4, 0.5) is 5.69 Å². The van der Waals surface area contributed by atoms with Gasteiger partial charge in [-0.2, -0.15) is 0 Å². The minimum absolute atomic E-state index is 0.164. The highest BCUT2D eigenvalue weighted by Crippen LogP contribution is 2.22. The maximum absolute atomic E-state index is 10.7. The van der Waals surface area contributed by atoms with Crippen LogP contribution in [0.5, 0.6) is 0 Å². The molecule has 12 heavy (non-hydrogen) atoms. The second kappa shape index (κ2) is 3.59. The summed E-state index contributed by atoms with van der Waals surface area (Å²) in [5.41, 5.74) is 1.12. The lowest BCUT2D eigenvalue weighted by atomic mass is 10.2. The molecule has 2 radical (unpaired) electrons. The zero-order valence-corrected chi connectivity index (χ0v) is 7.35. The van der Waals surface area contributed by atoms with Crippen molar-refractivity contribution in [2.24, 2.45) is 0 Å². The van der Waals surface area contributed by atoms with Crippen LogP contribution in [0.15, 0.2) is 18.2 Å². The first-order valence-electron chi connectivity index (χ1n) is 3.42. The van der Waals surface area contributed by atoms with Gasteiger partial charge in [0.05, 0.1) is 10.7 Å². The number of carbonyl (C=O) groups excluding carboxylic acids is 1. The highest BCUT2D eigenvalue weighted by Gasteiger charge is 2.00. The lowest BCUT2D eigenvalue weighted by Gasteiger charge is -2.04. The van der Waals surface area contributed by atoms with E-state index < -0.39 is 0 Å². The van der Waals surface area contributed by atoms with E-state index in [1.165, 1.54) is 6.92 Å². The Hall–Kier alpha value is -1.02. The Balaban J connectivity index is 2.97. The van der Waals surface area contributed by atoms with Crippen molar-refractivity contribution in [3.05, 3.63) is 35.7 Å². The van der Waals surface area contributed by atoms with E-state index in [-0.39, 0.29) is 5.91 Å². The highest BCUT2D eigenvalue weighted by molar-refractivity contribution is 6.33. The number of anilines is 1. The van der Waals surface area contributed by atoms with Crippen LogP contribution in [0.25, 0.3) is 0 Å². The molecule has 1 N–H and O–H groups in total. The van der Waals surface area contributed by atoms with E-state index in [2.05, 4.69) is 5.32 Å². The van der Waals surface area contributed by atoms with E-state index in [4.69, 9.17) is 18.5 Å². The summed E-state index contributed by atoms with van der Waals surface area (Å²) in [4.78, 5) is 10.7. The van der Waals surface area contributed by atoms with Crippen LogP contribution in [-0.2, 0) is 4.79 Å². The second-order valence-electron chi connectivity index (χ2n) is 2.42. The molecule has 0 spiro atoms. The maximum atomic E-state index is 10.7. The summed E-state index contributed by atoms with van der Waals surface area (Å²) >= 11 is 5.77. The Morgan fingerprint density at radius 3 is 2.83 bits per heavy atom. The summed E-state index contributed by atoms with van der Waals surface area (Å²) in [6, 6.07) is 4.93. The van der Waals surface area contributed by atoms with Gasteiger partial charge in [0.25, 0.3) is 0 Å². The fraction of sp³-hybridized carbons (Fsp3) is 0.111. The summed E-state index contributed by atoms with van der Waals surface area (Å²) in [5, 5.41) is 3.05. The molecule has 0 fully saturated rings. The molecule has 0 aliphatic rings. The number of halogens is 1. The number of carbonyl (C=O) groups is 1. The van der Waals surface area contributed by atoms with Crippen molar-refractivity contribution in [1.29, 1.82) is 0 Å². The van der Waals surface area contributed by atoms with Gasteiger partial charge in [0.2, 0.25) is 5.91 Å². The fourth-order valence-electron chi connectivity index (χ4n) is 0.828. The van der Waals surface area contributed by atoms with Gasteiger partial charge in [-0.1, -0.05) is 17.7 Å². The van der Waals surface area contributed by atoms with Gasteiger partial charge >= 0.3 is 0 Å². The third-order valence-electron chi connectivity index (χ3n) is 1.30. The first-order valence-corrected chi connectivity index (χ1v) is 3.80. The number of amides is 1. The molecule has 3 heteroatoms. The molecule has 0 unspecified atom stereocenters. The van der Waals surface area contributed by atoms with Crippen molar-refractivity contribution in [1.82, 2.24) is 0 Å². The van der Waals surface area contributed by atoms with Crippen LogP contribution in [0.1, 0.15) is 12.5 Å². The minimum atomic E-state index is -0.164. The molecule has 0 saturated carbocycles. The van der Waals surface area contributed by atoms with Crippen molar-refractivity contribution in [2.75, 3.05) is 5.32 Å². The average molecular weight is 182 g/mol. The Morgan fingerprint density at radius 1 is 1.58 bits per heavy atom. The first kappa shape index (κ1) is 9.07. The lowest BCUT2D eigenvalue weighted by Crippen LogP contribution is -2.06. The molecule has 1 amide bonds. The maximum Gasteiger partial charge on any atom is 0.221 e. The van der Waals surface area contributed by atoms with Gasteiger partial charge in [0.1, 0.15) is 0 Å². The average Bonchev–Trinajstić information content (AvgIpc) is 1.96. The third-order valence-corrected chi connectivity index (χ3v) is 1.63. The number of hydrogen-bond acceptors (Lipinski definition) is 1. The van der Waals surface area contributed by atoms with E-state index in [1.807, 2.05) is 0 Å². The molecular weight excluding hydrogens is 174 g/mol. The quantitative estimate of drug-likeness (QED) is 0.708. The number of nitrogens with one attached hydrogen (secondary N) is 1. The van der Waals surface area contributed by atoms with Crippen LogP contribution < -0.4 is 5.32 Å². The van der Waals surface area contributed by atoms with E-state index in [9.17, 15) is 4.79 Å². The molecule has 0 atom stereocenters. The van der Waals surface area contributed by atoms with Crippen molar-refractivity contribution in [2.45, 2.75) is 6.92 Å². The molecule has 1 aromatic carbocycles. The molecule has 1 rings (SSSR count). The van der Waals surface area contributed by atoms with Crippen molar-refractivity contribution < 1.29 is 4.79 Å². The fourth-order valence-corrected chi connectivity index (χ4v) is 0.993. The van der Waals surface area contributed by atoms with Gasteiger partial charge in [-0.3, -0.25) is 4.79 Å². The predicted octanol–water partition coefficient (Wildman–Crippen LogP) is 2.36. The SMILES string of the molecule is [CH]c1ccc(Cl)c(NC(C)=O)c1.